The SMILES string of the molecule is CNc1ccc(C(=O)NN2CC[NH+](C)CC2)cc1[N+](=O)[O-]. The van der Waals surface area contributed by atoms with Gasteiger partial charge in [0.15, 0.2) is 0 Å². The van der Waals surface area contributed by atoms with Gasteiger partial charge in [0.2, 0.25) is 0 Å². The van der Waals surface area contributed by atoms with E-state index >= 15 is 0 Å². The molecule has 1 fully saturated rings. The van der Waals surface area contributed by atoms with Crippen molar-refractivity contribution in [2.24, 2.45) is 0 Å². The van der Waals surface area contributed by atoms with Crippen molar-refractivity contribution in [3.05, 3.63) is 33.9 Å². The molecule has 0 unspecified atom stereocenters. The summed E-state index contributed by atoms with van der Waals surface area (Å²) in [4.78, 5) is 24.1. The lowest BCUT2D eigenvalue weighted by molar-refractivity contribution is -0.884. The predicted octanol–water partition coefficient (Wildman–Crippen LogP) is -0.888. The molecule has 0 bridgehead atoms. The number of hydrazine groups is 1. The van der Waals surface area contributed by atoms with Crippen LogP contribution in [0.4, 0.5) is 11.4 Å². The van der Waals surface area contributed by atoms with Crippen molar-refractivity contribution in [2.75, 3.05) is 45.6 Å². The first kappa shape index (κ1) is 15.2. The smallest absolute Gasteiger partial charge is 0.293 e. The minimum absolute atomic E-state index is 0.104. The molecule has 21 heavy (non-hydrogen) atoms. The van der Waals surface area contributed by atoms with Crippen LogP contribution in [0.1, 0.15) is 10.4 Å². The number of nitro benzene ring substituents is 1. The zero-order valence-corrected chi connectivity index (χ0v) is 12.2. The van der Waals surface area contributed by atoms with E-state index in [4.69, 9.17) is 0 Å². The zero-order valence-electron chi connectivity index (χ0n) is 12.2. The predicted molar refractivity (Wildman–Crippen MR) is 78.3 cm³/mol. The Labute approximate surface area is 122 Å². The molecule has 0 saturated carbocycles. The maximum Gasteiger partial charge on any atom is 0.293 e. The van der Waals surface area contributed by atoms with Gasteiger partial charge in [-0.25, -0.2) is 5.01 Å². The van der Waals surface area contributed by atoms with Crippen molar-refractivity contribution in [1.82, 2.24) is 10.4 Å². The van der Waals surface area contributed by atoms with Gasteiger partial charge in [0.25, 0.3) is 11.6 Å². The van der Waals surface area contributed by atoms with Gasteiger partial charge in [-0.3, -0.25) is 20.3 Å². The molecule has 2 rings (SSSR count). The van der Waals surface area contributed by atoms with Crippen molar-refractivity contribution in [3.63, 3.8) is 0 Å². The second-order valence-corrected chi connectivity index (χ2v) is 5.12. The van der Waals surface area contributed by atoms with E-state index in [1.165, 1.54) is 11.0 Å². The lowest BCUT2D eigenvalue weighted by Crippen LogP contribution is -3.12. The number of hydrogen-bond donors (Lipinski definition) is 3. The van der Waals surface area contributed by atoms with E-state index in [1.807, 2.05) is 5.01 Å². The summed E-state index contributed by atoms with van der Waals surface area (Å²) in [6.07, 6.45) is 0. The van der Waals surface area contributed by atoms with Gasteiger partial charge >= 0.3 is 0 Å². The van der Waals surface area contributed by atoms with E-state index in [2.05, 4.69) is 17.8 Å². The van der Waals surface area contributed by atoms with E-state index in [9.17, 15) is 14.9 Å². The normalized spacial score (nSPS) is 16.5. The highest BCUT2D eigenvalue weighted by molar-refractivity contribution is 5.95. The molecule has 0 atom stereocenters. The maximum absolute atomic E-state index is 12.2. The number of benzene rings is 1. The van der Waals surface area contributed by atoms with Gasteiger partial charge in [0, 0.05) is 18.7 Å². The fourth-order valence-electron chi connectivity index (χ4n) is 2.24. The number of carbonyl (C=O) groups is 1. The summed E-state index contributed by atoms with van der Waals surface area (Å²) in [5.74, 6) is -0.319. The Bertz CT molecular complexity index is 541. The second-order valence-electron chi connectivity index (χ2n) is 5.12. The van der Waals surface area contributed by atoms with Crippen molar-refractivity contribution in [3.8, 4) is 0 Å². The Morgan fingerprint density at radius 3 is 2.62 bits per heavy atom. The first-order valence-corrected chi connectivity index (χ1v) is 6.84. The van der Waals surface area contributed by atoms with Crippen LogP contribution in [0.25, 0.3) is 0 Å². The van der Waals surface area contributed by atoms with Crippen LogP contribution in [-0.4, -0.2) is 56.1 Å². The third-order valence-electron chi connectivity index (χ3n) is 3.60. The van der Waals surface area contributed by atoms with Crippen LogP contribution in [0, 0.1) is 10.1 Å². The summed E-state index contributed by atoms with van der Waals surface area (Å²) in [6, 6.07) is 4.42. The number of piperazine rings is 1. The van der Waals surface area contributed by atoms with Gasteiger partial charge < -0.3 is 10.2 Å². The number of quaternary nitrogens is 1. The fourth-order valence-corrected chi connectivity index (χ4v) is 2.24. The number of likely N-dealkylation sites (N-methyl/N-ethyl adjacent to an activating group) is 1. The van der Waals surface area contributed by atoms with Crippen LogP contribution in [0.2, 0.25) is 0 Å². The van der Waals surface area contributed by atoms with Gasteiger partial charge in [-0.1, -0.05) is 0 Å². The van der Waals surface area contributed by atoms with Crippen LogP contribution in [0.3, 0.4) is 0 Å². The number of anilines is 1. The first-order valence-electron chi connectivity index (χ1n) is 6.84. The van der Waals surface area contributed by atoms with Gasteiger partial charge in [0.1, 0.15) is 5.69 Å². The molecule has 8 heteroatoms. The standard InChI is InChI=1S/C13H19N5O3/c1-14-11-4-3-10(9-12(11)18(20)21)13(19)15-17-7-5-16(2)6-8-17/h3-4,9,14H,5-8H2,1-2H3,(H,15,19)/p+1. The maximum atomic E-state index is 12.2. The number of amides is 1. The Morgan fingerprint density at radius 2 is 2.05 bits per heavy atom. The summed E-state index contributed by atoms with van der Waals surface area (Å²) in [5, 5.41) is 15.6. The average Bonchev–Trinajstić information content (AvgIpc) is 2.48. The van der Waals surface area contributed by atoms with E-state index in [-0.39, 0.29) is 17.2 Å². The summed E-state index contributed by atoms with van der Waals surface area (Å²) in [5.41, 5.74) is 3.37. The minimum Gasteiger partial charge on any atom is -0.383 e. The van der Waals surface area contributed by atoms with Crippen molar-refractivity contribution in [1.29, 1.82) is 0 Å². The summed E-state index contributed by atoms with van der Waals surface area (Å²) >= 11 is 0. The number of carbonyl (C=O) groups excluding carboxylic acids is 1. The second kappa shape index (κ2) is 6.51. The van der Waals surface area contributed by atoms with Crippen LogP contribution in [0.5, 0.6) is 0 Å². The molecule has 1 amide bonds. The van der Waals surface area contributed by atoms with Crippen molar-refractivity contribution >= 4 is 17.3 Å². The lowest BCUT2D eigenvalue weighted by atomic mass is 10.1. The molecule has 0 radical (unpaired) electrons. The van der Waals surface area contributed by atoms with Gasteiger partial charge in [-0.15, -0.1) is 0 Å². The molecule has 1 saturated heterocycles. The number of nitro groups is 1. The van der Waals surface area contributed by atoms with E-state index < -0.39 is 4.92 Å². The number of nitrogens with zero attached hydrogens (tertiary/aromatic N) is 2. The molecule has 1 aromatic rings. The Balaban J connectivity index is 2.09. The highest BCUT2D eigenvalue weighted by atomic mass is 16.6. The molecule has 0 aromatic heterocycles. The first-order chi connectivity index (χ1) is 10.0. The van der Waals surface area contributed by atoms with Crippen LogP contribution in [-0.2, 0) is 0 Å². The Morgan fingerprint density at radius 1 is 1.38 bits per heavy atom. The minimum atomic E-state index is -0.498. The van der Waals surface area contributed by atoms with E-state index in [1.54, 1.807) is 19.2 Å². The van der Waals surface area contributed by atoms with Crippen LogP contribution >= 0.6 is 0 Å². The number of rotatable bonds is 4. The van der Waals surface area contributed by atoms with Gasteiger partial charge in [0.05, 0.1) is 38.2 Å². The lowest BCUT2D eigenvalue weighted by Gasteiger charge is -2.30. The molecular formula is C13H20N5O3+. The molecule has 1 heterocycles. The van der Waals surface area contributed by atoms with Crippen LogP contribution < -0.4 is 15.6 Å². The third-order valence-corrected chi connectivity index (χ3v) is 3.60. The summed E-state index contributed by atoms with van der Waals surface area (Å²) in [7, 11) is 3.72. The van der Waals surface area contributed by atoms with E-state index in [0.717, 1.165) is 26.2 Å². The van der Waals surface area contributed by atoms with E-state index in [0.29, 0.717) is 5.69 Å². The molecule has 114 valence electrons. The number of nitrogens with one attached hydrogen (secondary N) is 3. The Hall–Kier alpha value is -2.19. The van der Waals surface area contributed by atoms with Crippen molar-refractivity contribution in [2.45, 2.75) is 0 Å². The number of hydrogen-bond acceptors (Lipinski definition) is 5. The quantitative estimate of drug-likeness (QED) is 0.495. The Kier molecular flexibility index (Phi) is 4.71. The molecule has 0 aliphatic carbocycles. The molecular weight excluding hydrogens is 274 g/mol. The monoisotopic (exact) mass is 294 g/mol. The molecule has 1 aliphatic heterocycles. The highest BCUT2D eigenvalue weighted by Crippen LogP contribution is 2.24. The largest absolute Gasteiger partial charge is 0.383 e. The summed E-state index contributed by atoms with van der Waals surface area (Å²) < 4.78 is 0. The van der Waals surface area contributed by atoms with Crippen LogP contribution in [0.15, 0.2) is 18.2 Å². The highest BCUT2D eigenvalue weighted by Gasteiger charge is 2.21. The topological polar surface area (TPSA) is 92.0 Å². The molecule has 8 nitrogen and oxygen atoms in total. The molecule has 0 spiro atoms. The molecule has 3 N–H and O–H groups in total. The fraction of sp³-hybridized carbons (Fsp3) is 0.462. The molecule has 1 aromatic carbocycles. The van der Waals surface area contributed by atoms with Gasteiger partial charge in [-0.2, -0.15) is 0 Å². The average molecular weight is 294 g/mol. The van der Waals surface area contributed by atoms with Gasteiger partial charge in [-0.05, 0) is 12.1 Å². The summed E-state index contributed by atoms with van der Waals surface area (Å²) in [6.45, 7) is 3.46. The molecule has 1 aliphatic rings. The third kappa shape index (κ3) is 3.67. The van der Waals surface area contributed by atoms with Crippen molar-refractivity contribution < 1.29 is 14.6 Å². The zero-order chi connectivity index (χ0) is 15.4.